The average molecular weight is 325 g/mol. The molecule has 0 saturated heterocycles. The molecule has 0 radical (unpaired) electrons. The van der Waals surface area contributed by atoms with Gasteiger partial charge < -0.3 is 5.32 Å². The summed E-state index contributed by atoms with van der Waals surface area (Å²) in [4.78, 5) is 21.0. The quantitative estimate of drug-likeness (QED) is 0.705. The van der Waals surface area contributed by atoms with Crippen LogP contribution in [0.2, 0.25) is 0 Å². The molecule has 0 atom stereocenters. The van der Waals surface area contributed by atoms with E-state index in [0.29, 0.717) is 13.1 Å². The highest BCUT2D eigenvalue weighted by Crippen LogP contribution is 2.11. The average Bonchev–Trinajstić information content (AvgIpc) is 3.26. The summed E-state index contributed by atoms with van der Waals surface area (Å²) in [5, 5.41) is 9.22. The van der Waals surface area contributed by atoms with Crippen molar-refractivity contribution in [1.82, 2.24) is 25.1 Å². The Bertz CT molecular complexity index is 780. The fraction of sp³-hybridized carbons (Fsp3) is 0.125. The smallest absolute Gasteiger partial charge is 0.244 e. The molecule has 0 aromatic carbocycles. The van der Waals surface area contributed by atoms with E-state index in [1.807, 2.05) is 29.8 Å². The van der Waals surface area contributed by atoms with E-state index in [1.165, 1.54) is 0 Å². The van der Waals surface area contributed by atoms with Crippen molar-refractivity contribution in [2.24, 2.45) is 0 Å². The lowest BCUT2D eigenvalue weighted by atomic mass is 10.3. The van der Waals surface area contributed by atoms with Crippen LogP contribution >= 0.6 is 11.3 Å². The normalized spacial score (nSPS) is 11.0. The van der Waals surface area contributed by atoms with Crippen LogP contribution in [0.15, 0.2) is 54.4 Å². The minimum Gasteiger partial charge on any atom is -0.351 e. The van der Waals surface area contributed by atoms with Gasteiger partial charge in [-0.2, -0.15) is 5.10 Å². The number of carbonyl (C=O) groups excluding carboxylic acids is 1. The minimum atomic E-state index is -0.111. The number of aromatic nitrogens is 4. The number of hydrogen-bond donors (Lipinski definition) is 1. The van der Waals surface area contributed by atoms with E-state index in [9.17, 15) is 4.79 Å². The molecule has 0 spiro atoms. The van der Waals surface area contributed by atoms with E-state index in [0.717, 1.165) is 16.3 Å². The van der Waals surface area contributed by atoms with Crippen LogP contribution in [0.25, 0.3) is 17.5 Å². The number of rotatable bonds is 6. The van der Waals surface area contributed by atoms with Crippen molar-refractivity contribution in [3.8, 4) is 11.4 Å². The third-order valence-electron chi connectivity index (χ3n) is 3.05. The van der Waals surface area contributed by atoms with Crippen molar-refractivity contribution in [2.75, 3.05) is 6.54 Å². The van der Waals surface area contributed by atoms with Crippen LogP contribution in [0.3, 0.4) is 0 Å². The highest BCUT2D eigenvalue weighted by Gasteiger charge is 2.03. The van der Waals surface area contributed by atoms with E-state index in [2.05, 4.69) is 20.4 Å². The molecule has 1 amide bonds. The first-order valence-corrected chi connectivity index (χ1v) is 7.98. The molecular formula is C16H15N5OS. The Kier molecular flexibility index (Phi) is 4.90. The molecule has 0 aliphatic heterocycles. The SMILES string of the molecule is O=C(/C=C/c1cccs1)NCCn1ccc(-c2cnccn2)n1. The third-order valence-corrected chi connectivity index (χ3v) is 3.89. The van der Waals surface area contributed by atoms with E-state index in [1.54, 1.807) is 46.8 Å². The lowest BCUT2D eigenvalue weighted by Crippen LogP contribution is -2.25. The van der Waals surface area contributed by atoms with Crippen molar-refractivity contribution >= 4 is 23.3 Å². The first-order chi connectivity index (χ1) is 11.3. The van der Waals surface area contributed by atoms with E-state index in [4.69, 9.17) is 0 Å². The summed E-state index contributed by atoms with van der Waals surface area (Å²) in [5.41, 5.74) is 1.50. The Morgan fingerprint density at radius 2 is 2.26 bits per heavy atom. The van der Waals surface area contributed by atoms with Gasteiger partial charge in [-0.05, 0) is 23.6 Å². The second-order valence-corrected chi connectivity index (χ2v) is 5.67. The van der Waals surface area contributed by atoms with E-state index < -0.39 is 0 Å². The van der Waals surface area contributed by atoms with Crippen LogP contribution in [0.4, 0.5) is 0 Å². The molecule has 3 aromatic heterocycles. The molecule has 23 heavy (non-hydrogen) atoms. The summed E-state index contributed by atoms with van der Waals surface area (Å²) < 4.78 is 1.77. The predicted molar refractivity (Wildman–Crippen MR) is 89.6 cm³/mol. The molecule has 0 aliphatic carbocycles. The first kappa shape index (κ1) is 15.1. The number of nitrogens with zero attached hydrogens (tertiary/aromatic N) is 4. The van der Waals surface area contributed by atoms with Gasteiger partial charge in [-0.15, -0.1) is 11.3 Å². The van der Waals surface area contributed by atoms with Crippen LogP contribution < -0.4 is 5.32 Å². The lowest BCUT2D eigenvalue weighted by molar-refractivity contribution is -0.116. The molecule has 1 N–H and O–H groups in total. The highest BCUT2D eigenvalue weighted by atomic mass is 32.1. The maximum Gasteiger partial charge on any atom is 0.244 e. The topological polar surface area (TPSA) is 72.7 Å². The zero-order chi connectivity index (χ0) is 15.9. The molecule has 116 valence electrons. The predicted octanol–water partition coefficient (Wildman–Crippen LogP) is 2.23. The lowest BCUT2D eigenvalue weighted by Gasteiger charge is -2.02. The number of hydrogen-bond acceptors (Lipinski definition) is 5. The molecule has 0 unspecified atom stereocenters. The molecule has 3 heterocycles. The van der Waals surface area contributed by atoms with E-state index >= 15 is 0 Å². The third kappa shape index (κ3) is 4.33. The van der Waals surface area contributed by atoms with Gasteiger partial charge in [-0.1, -0.05) is 6.07 Å². The molecule has 0 fully saturated rings. The Morgan fingerprint density at radius 1 is 1.30 bits per heavy atom. The Hall–Kier alpha value is -2.80. The van der Waals surface area contributed by atoms with Gasteiger partial charge in [-0.25, -0.2) is 0 Å². The largest absolute Gasteiger partial charge is 0.351 e. The van der Waals surface area contributed by atoms with Gasteiger partial charge in [-0.3, -0.25) is 19.4 Å². The van der Waals surface area contributed by atoms with Gasteiger partial charge in [0.05, 0.1) is 12.7 Å². The molecule has 6 nitrogen and oxygen atoms in total. The maximum absolute atomic E-state index is 11.7. The van der Waals surface area contributed by atoms with Crippen LogP contribution in [0.5, 0.6) is 0 Å². The maximum atomic E-state index is 11.7. The van der Waals surface area contributed by atoms with Gasteiger partial charge in [0, 0.05) is 36.1 Å². The minimum absolute atomic E-state index is 0.111. The highest BCUT2D eigenvalue weighted by molar-refractivity contribution is 7.10. The zero-order valence-corrected chi connectivity index (χ0v) is 13.1. The summed E-state index contributed by atoms with van der Waals surface area (Å²) >= 11 is 1.59. The van der Waals surface area contributed by atoms with Crippen LogP contribution in [-0.2, 0) is 11.3 Å². The Balaban J connectivity index is 1.48. The fourth-order valence-corrected chi connectivity index (χ4v) is 2.57. The molecule has 7 heteroatoms. The first-order valence-electron chi connectivity index (χ1n) is 7.10. The van der Waals surface area contributed by atoms with Crippen LogP contribution in [-0.4, -0.2) is 32.2 Å². The number of thiophene rings is 1. The van der Waals surface area contributed by atoms with Crippen molar-refractivity contribution < 1.29 is 4.79 Å². The number of amides is 1. The fourth-order valence-electron chi connectivity index (χ4n) is 1.95. The van der Waals surface area contributed by atoms with Crippen LogP contribution in [0.1, 0.15) is 4.88 Å². The molecule has 3 aromatic rings. The van der Waals surface area contributed by atoms with E-state index in [-0.39, 0.29) is 5.91 Å². The Labute approximate surface area is 137 Å². The van der Waals surface area contributed by atoms with Gasteiger partial charge in [0.2, 0.25) is 5.91 Å². The van der Waals surface area contributed by atoms with Crippen molar-refractivity contribution in [2.45, 2.75) is 6.54 Å². The number of carbonyl (C=O) groups is 1. The van der Waals surface area contributed by atoms with Crippen molar-refractivity contribution in [1.29, 1.82) is 0 Å². The monoisotopic (exact) mass is 325 g/mol. The van der Waals surface area contributed by atoms with Gasteiger partial charge in [0.25, 0.3) is 0 Å². The van der Waals surface area contributed by atoms with Gasteiger partial charge in [0.1, 0.15) is 11.4 Å². The molecular weight excluding hydrogens is 310 g/mol. The molecule has 3 rings (SSSR count). The standard InChI is InChI=1S/C16H15N5OS/c22-16(4-3-13-2-1-11-23-13)19-8-10-21-9-5-14(20-21)15-12-17-6-7-18-15/h1-7,9,11-12H,8,10H2,(H,19,22)/b4-3+. The second-order valence-electron chi connectivity index (χ2n) is 4.69. The summed E-state index contributed by atoms with van der Waals surface area (Å²) in [6, 6.07) is 5.80. The summed E-state index contributed by atoms with van der Waals surface area (Å²) in [6.45, 7) is 1.11. The summed E-state index contributed by atoms with van der Waals surface area (Å²) in [7, 11) is 0. The Morgan fingerprint density at radius 3 is 3.04 bits per heavy atom. The summed E-state index contributed by atoms with van der Waals surface area (Å²) in [6.07, 6.45) is 10.1. The molecule has 0 bridgehead atoms. The molecule has 0 aliphatic rings. The zero-order valence-electron chi connectivity index (χ0n) is 12.3. The van der Waals surface area contributed by atoms with Gasteiger partial charge in [0.15, 0.2) is 0 Å². The second kappa shape index (κ2) is 7.46. The summed E-state index contributed by atoms with van der Waals surface area (Å²) in [5.74, 6) is -0.111. The van der Waals surface area contributed by atoms with Crippen LogP contribution in [0, 0.1) is 0 Å². The number of nitrogens with one attached hydrogen (secondary N) is 1. The van der Waals surface area contributed by atoms with Crippen molar-refractivity contribution in [3.05, 3.63) is 59.3 Å². The molecule has 0 saturated carbocycles. The van der Waals surface area contributed by atoms with Crippen molar-refractivity contribution in [3.63, 3.8) is 0 Å². The van der Waals surface area contributed by atoms with Gasteiger partial charge >= 0.3 is 0 Å².